The third-order valence-corrected chi connectivity index (χ3v) is 1.90. The zero-order chi connectivity index (χ0) is 9.26. The molecule has 0 saturated heterocycles. The molecular weight excluding hydrogens is 166 g/mol. The van der Waals surface area contributed by atoms with Crippen LogP contribution in [-0.4, -0.2) is 10.7 Å². The van der Waals surface area contributed by atoms with Crippen LogP contribution in [-0.2, 0) is 0 Å². The minimum absolute atomic E-state index is 0.0990. The number of nitrogens with zero attached hydrogens (tertiary/aromatic N) is 1. The fraction of sp³-hybridized carbons (Fsp3) is 0.111. The van der Waals surface area contributed by atoms with Gasteiger partial charge in [0.25, 0.3) is 0 Å². The van der Waals surface area contributed by atoms with E-state index in [1.165, 1.54) is 6.07 Å². The third-order valence-electron chi connectivity index (χ3n) is 1.90. The van der Waals surface area contributed by atoms with Crippen LogP contribution in [0.3, 0.4) is 0 Å². The highest BCUT2D eigenvalue weighted by atomic mass is 16.1. The van der Waals surface area contributed by atoms with E-state index in [0.717, 1.165) is 17.0 Å². The van der Waals surface area contributed by atoms with E-state index >= 15 is 0 Å². The lowest BCUT2D eigenvalue weighted by Gasteiger charge is -2.01. The topological polar surface area (TPSA) is 57.2 Å². The van der Waals surface area contributed by atoms with Crippen molar-refractivity contribution in [1.82, 2.24) is 10.4 Å². The molecule has 0 bridgehead atoms. The van der Waals surface area contributed by atoms with Crippen LogP contribution in [0.1, 0.15) is 18.2 Å². The first-order chi connectivity index (χ1) is 6.27. The van der Waals surface area contributed by atoms with Gasteiger partial charge in [0.05, 0.1) is 11.4 Å². The van der Waals surface area contributed by atoms with Crippen molar-refractivity contribution < 1.29 is 0 Å². The lowest BCUT2D eigenvalue weighted by Crippen LogP contribution is -2.09. The normalized spacial score (nSPS) is 14.1. The Bertz CT molecular complexity index is 442. The average molecular weight is 175 g/mol. The molecule has 4 heteroatoms. The van der Waals surface area contributed by atoms with Crippen LogP contribution in [0.4, 0.5) is 0 Å². The Balaban J connectivity index is 2.69. The molecule has 0 fully saturated rings. The summed E-state index contributed by atoms with van der Waals surface area (Å²) >= 11 is 0. The van der Waals surface area contributed by atoms with E-state index in [1.807, 2.05) is 6.92 Å². The Morgan fingerprint density at radius 2 is 2.23 bits per heavy atom. The number of hydrogen-bond acceptors (Lipinski definition) is 3. The van der Waals surface area contributed by atoms with Gasteiger partial charge in [-0.05, 0) is 19.1 Å². The predicted octanol–water partition coefficient (Wildman–Crippen LogP) is 0.673. The van der Waals surface area contributed by atoms with Gasteiger partial charge in [-0.2, -0.15) is 5.10 Å². The Labute approximate surface area is 75.0 Å². The first-order valence-corrected chi connectivity index (χ1v) is 3.97. The molecule has 13 heavy (non-hydrogen) atoms. The van der Waals surface area contributed by atoms with Crippen LogP contribution in [0.15, 0.2) is 28.2 Å². The van der Waals surface area contributed by atoms with Gasteiger partial charge < -0.3 is 4.98 Å². The molecule has 2 heterocycles. The Hall–Kier alpha value is -1.84. The maximum Gasteiger partial charge on any atom is 0.248 e. The lowest BCUT2D eigenvalue weighted by atomic mass is 10.1. The van der Waals surface area contributed by atoms with Crippen LogP contribution < -0.4 is 11.0 Å². The van der Waals surface area contributed by atoms with Crippen molar-refractivity contribution in [3.63, 3.8) is 0 Å². The van der Waals surface area contributed by atoms with Crippen molar-refractivity contribution >= 4 is 11.8 Å². The average Bonchev–Trinajstić information content (AvgIpc) is 2.28. The number of hydrazone groups is 1. The first kappa shape index (κ1) is 7.79. The summed E-state index contributed by atoms with van der Waals surface area (Å²) in [4.78, 5) is 13.7. The van der Waals surface area contributed by atoms with Crippen molar-refractivity contribution in [1.29, 1.82) is 0 Å². The molecule has 0 spiro atoms. The lowest BCUT2D eigenvalue weighted by molar-refractivity contribution is 0.975. The molecule has 2 rings (SSSR count). The van der Waals surface area contributed by atoms with Gasteiger partial charge in [-0.3, -0.25) is 10.2 Å². The predicted molar refractivity (Wildman–Crippen MR) is 51.4 cm³/mol. The Morgan fingerprint density at radius 1 is 1.38 bits per heavy atom. The maximum atomic E-state index is 11.0. The number of hydrogen-bond donors (Lipinski definition) is 2. The van der Waals surface area contributed by atoms with Crippen molar-refractivity contribution in [2.24, 2.45) is 5.10 Å². The molecule has 1 aliphatic heterocycles. The molecule has 0 unspecified atom stereocenters. The fourth-order valence-electron chi connectivity index (χ4n) is 1.25. The van der Waals surface area contributed by atoms with E-state index in [4.69, 9.17) is 0 Å². The quantitative estimate of drug-likeness (QED) is 0.609. The summed E-state index contributed by atoms with van der Waals surface area (Å²) in [5.41, 5.74) is 5.24. The van der Waals surface area contributed by atoms with Crippen molar-refractivity contribution in [3.05, 3.63) is 39.9 Å². The standard InChI is InChI=1S/C9H9N3O/c1-6-7-2-3-9(13)11-8(7)4-5-10-12-6/h2-5,10H,1H3,(H,11,13). The van der Waals surface area contributed by atoms with Crippen molar-refractivity contribution in [2.75, 3.05) is 0 Å². The highest BCUT2D eigenvalue weighted by Crippen LogP contribution is 2.08. The molecule has 0 saturated carbocycles. The number of H-pyrrole nitrogens is 1. The van der Waals surface area contributed by atoms with Crippen LogP contribution in [0, 0.1) is 0 Å². The molecule has 0 aliphatic carbocycles. The molecule has 0 amide bonds. The number of rotatable bonds is 0. The van der Waals surface area contributed by atoms with Crippen LogP contribution in [0.5, 0.6) is 0 Å². The number of nitrogens with one attached hydrogen (secondary N) is 2. The molecule has 0 radical (unpaired) electrons. The number of fused-ring (bicyclic) bond motifs is 1. The Morgan fingerprint density at radius 3 is 3.08 bits per heavy atom. The molecule has 1 aromatic rings. The first-order valence-electron chi connectivity index (χ1n) is 3.97. The second kappa shape index (κ2) is 2.90. The summed E-state index contributed by atoms with van der Waals surface area (Å²) in [5, 5.41) is 4.05. The smallest absolute Gasteiger partial charge is 0.248 e. The van der Waals surface area contributed by atoms with Gasteiger partial charge in [0.15, 0.2) is 0 Å². The molecule has 0 aromatic carbocycles. The van der Waals surface area contributed by atoms with Gasteiger partial charge >= 0.3 is 0 Å². The summed E-state index contributed by atoms with van der Waals surface area (Å²) in [6.07, 6.45) is 3.47. The summed E-state index contributed by atoms with van der Waals surface area (Å²) < 4.78 is 0. The number of aromatic amines is 1. The molecule has 1 aromatic heterocycles. The molecular formula is C9H9N3O. The third kappa shape index (κ3) is 1.38. The molecule has 2 N–H and O–H groups in total. The van der Waals surface area contributed by atoms with E-state index in [-0.39, 0.29) is 5.56 Å². The summed E-state index contributed by atoms with van der Waals surface area (Å²) in [6.45, 7) is 1.89. The van der Waals surface area contributed by atoms with E-state index in [9.17, 15) is 4.79 Å². The van der Waals surface area contributed by atoms with Crippen molar-refractivity contribution in [3.8, 4) is 0 Å². The van der Waals surface area contributed by atoms with Gasteiger partial charge in [0, 0.05) is 17.8 Å². The fourth-order valence-corrected chi connectivity index (χ4v) is 1.25. The van der Waals surface area contributed by atoms with E-state index in [0.29, 0.717) is 0 Å². The van der Waals surface area contributed by atoms with Crippen LogP contribution in [0.25, 0.3) is 6.08 Å². The van der Waals surface area contributed by atoms with Gasteiger partial charge in [-0.15, -0.1) is 0 Å². The van der Waals surface area contributed by atoms with Crippen LogP contribution >= 0.6 is 0 Å². The SMILES string of the molecule is CC1=NNC=Cc2[nH]c(=O)ccc21. The minimum atomic E-state index is -0.0990. The van der Waals surface area contributed by atoms with E-state index < -0.39 is 0 Å². The number of aromatic nitrogens is 1. The highest BCUT2D eigenvalue weighted by molar-refractivity contribution is 6.01. The highest BCUT2D eigenvalue weighted by Gasteiger charge is 2.05. The minimum Gasteiger partial charge on any atom is -0.322 e. The van der Waals surface area contributed by atoms with Gasteiger partial charge in [-0.1, -0.05) is 0 Å². The summed E-state index contributed by atoms with van der Waals surface area (Å²) in [7, 11) is 0. The summed E-state index contributed by atoms with van der Waals surface area (Å²) in [6, 6.07) is 3.27. The Kier molecular flexibility index (Phi) is 1.73. The largest absolute Gasteiger partial charge is 0.322 e. The van der Waals surface area contributed by atoms with Gasteiger partial charge in [0.2, 0.25) is 5.56 Å². The molecule has 66 valence electrons. The zero-order valence-electron chi connectivity index (χ0n) is 7.16. The summed E-state index contributed by atoms with van der Waals surface area (Å²) in [5.74, 6) is 0. The number of pyridine rings is 1. The van der Waals surface area contributed by atoms with E-state index in [1.54, 1.807) is 18.3 Å². The maximum absolute atomic E-state index is 11.0. The van der Waals surface area contributed by atoms with Crippen molar-refractivity contribution in [2.45, 2.75) is 6.92 Å². The zero-order valence-corrected chi connectivity index (χ0v) is 7.16. The van der Waals surface area contributed by atoms with E-state index in [2.05, 4.69) is 15.5 Å². The molecule has 4 nitrogen and oxygen atoms in total. The van der Waals surface area contributed by atoms with Gasteiger partial charge in [-0.25, -0.2) is 0 Å². The van der Waals surface area contributed by atoms with Crippen LogP contribution in [0.2, 0.25) is 0 Å². The van der Waals surface area contributed by atoms with Gasteiger partial charge in [0.1, 0.15) is 0 Å². The second-order valence-electron chi connectivity index (χ2n) is 2.81. The second-order valence-corrected chi connectivity index (χ2v) is 2.81. The molecule has 1 aliphatic rings. The molecule has 0 atom stereocenters. The monoisotopic (exact) mass is 175 g/mol.